The van der Waals surface area contributed by atoms with Crippen molar-refractivity contribution in [3.8, 4) is 0 Å². The van der Waals surface area contributed by atoms with Gasteiger partial charge in [-0.05, 0) is 26.0 Å². The van der Waals surface area contributed by atoms with Crippen LogP contribution in [0.25, 0.3) is 0 Å². The van der Waals surface area contributed by atoms with Crippen LogP contribution in [-0.2, 0) is 13.0 Å². The van der Waals surface area contributed by atoms with Gasteiger partial charge in [-0.3, -0.25) is 4.68 Å². The van der Waals surface area contributed by atoms with Gasteiger partial charge in [0.15, 0.2) is 0 Å². The number of nitrogens with one attached hydrogen (secondary N) is 1. The van der Waals surface area contributed by atoms with Crippen LogP contribution < -0.4 is 5.32 Å². The third kappa shape index (κ3) is 3.17. The highest BCUT2D eigenvalue weighted by Gasteiger charge is 2.05. The molecule has 17 heavy (non-hydrogen) atoms. The second kappa shape index (κ2) is 5.64. The summed E-state index contributed by atoms with van der Waals surface area (Å²) >= 11 is 0. The van der Waals surface area contributed by atoms with Gasteiger partial charge in [-0.2, -0.15) is 5.10 Å². The zero-order chi connectivity index (χ0) is 12.1. The molecule has 1 aromatic carbocycles. The molecule has 3 heteroatoms. The van der Waals surface area contributed by atoms with E-state index in [9.17, 15) is 0 Å². The van der Waals surface area contributed by atoms with Gasteiger partial charge < -0.3 is 5.32 Å². The van der Waals surface area contributed by atoms with Gasteiger partial charge in [0.05, 0.1) is 6.20 Å². The standard InChI is InChI=1S/C14H19N3/c1-12(15-2)14-10-16-17(11-14)9-8-13-6-4-3-5-7-13/h3-7,10-12,15H,8-9H2,1-2H3. The Morgan fingerprint density at radius 3 is 2.76 bits per heavy atom. The molecule has 0 saturated heterocycles. The third-order valence-electron chi connectivity index (χ3n) is 3.06. The summed E-state index contributed by atoms with van der Waals surface area (Å²) in [5.74, 6) is 0. The molecule has 0 amide bonds. The maximum absolute atomic E-state index is 4.38. The molecular formula is C14H19N3. The van der Waals surface area contributed by atoms with E-state index in [0.29, 0.717) is 6.04 Å². The molecule has 1 heterocycles. The summed E-state index contributed by atoms with van der Waals surface area (Å²) in [7, 11) is 1.96. The minimum atomic E-state index is 0.362. The lowest BCUT2D eigenvalue weighted by atomic mass is 10.1. The van der Waals surface area contributed by atoms with Gasteiger partial charge in [0.1, 0.15) is 0 Å². The van der Waals surface area contributed by atoms with Gasteiger partial charge in [0.2, 0.25) is 0 Å². The molecule has 0 spiro atoms. The molecule has 90 valence electrons. The topological polar surface area (TPSA) is 29.9 Å². The molecule has 2 rings (SSSR count). The van der Waals surface area contributed by atoms with Crippen molar-refractivity contribution in [2.45, 2.75) is 25.9 Å². The van der Waals surface area contributed by atoms with E-state index in [1.54, 1.807) is 0 Å². The number of benzene rings is 1. The fourth-order valence-corrected chi connectivity index (χ4v) is 1.78. The molecule has 0 aliphatic rings. The van der Waals surface area contributed by atoms with E-state index in [4.69, 9.17) is 0 Å². The first-order valence-electron chi connectivity index (χ1n) is 6.03. The van der Waals surface area contributed by atoms with Gasteiger partial charge in [-0.1, -0.05) is 30.3 Å². The van der Waals surface area contributed by atoms with Gasteiger partial charge >= 0.3 is 0 Å². The lowest BCUT2D eigenvalue weighted by Crippen LogP contribution is -2.11. The predicted molar refractivity (Wildman–Crippen MR) is 69.8 cm³/mol. The van der Waals surface area contributed by atoms with Gasteiger partial charge in [0, 0.05) is 24.3 Å². The molecule has 1 N–H and O–H groups in total. The fraction of sp³-hybridized carbons (Fsp3) is 0.357. The van der Waals surface area contributed by atoms with Gasteiger partial charge in [0.25, 0.3) is 0 Å². The van der Waals surface area contributed by atoms with E-state index >= 15 is 0 Å². The van der Waals surface area contributed by atoms with Crippen molar-refractivity contribution in [1.82, 2.24) is 15.1 Å². The first-order valence-corrected chi connectivity index (χ1v) is 6.03. The quantitative estimate of drug-likeness (QED) is 0.853. The van der Waals surface area contributed by atoms with Crippen molar-refractivity contribution in [3.63, 3.8) is 0 Å². The number of aromatic nitrogens is 2. The first-order chi connectivity index (χ1) is 8.29. The highest BCUT2D eigenvalue weighted by molar-refractivity contribution is 5.15. The summed E-state index contributed by atoms with van der Waals surface area (Å²) in [5.41, 5.74) is 2.59. The molecule has 0 fully saturated rings. The molecule has 0 saturated carbocycles. The van der Waals surface area contributed by atoms with Crippen LogP contribution in [0.5, 0.6) is 0 Å². The minimum Gasteiger partial charge on any atom is -0.313 e. The maximum atomic E-state index is 4.38. The number of hydrogen-bond acceptors (Lipinski definition) is 2. The van der Waals surface area contributed by atoms with Crippen molar-refractivity contribution < 1.29 is 0 Å². The summed E-state index contributed by atoms with van der Waals surface area (Å²) in [5, 5.41) is 7.59. The van der Waals surface area contributed by atoms with E-state index < -0.39 is 0 Å². The Bertz CT molecular complexity index is 448. The highest BCUT2D eigenvalue weighted by atomic mass is 15.3. The summed E-state index contributed by atoms with van der Waals surface area (Å²) in [6.07, 6.45) is 5.08. The Labute approximate surface area is 102 Å². The number of hydrogen-bond donors (Lipinski definition) is 1. The molecular weight excluding hydrogens is 210 g/mol. The Hall–Kier alpha value is -1.61. The number of aryl methyl sites for hydroxylation is 2. The van der Waals surface area contributed by atoms with Crippen LogP contribution in [0.15, 0.2) is 42.7 Å². The normalized spacial score (nSPS) is 12.6. The summed E-state index contributed by atoms with van der Waals surface area (Å²) in [4.78, 5) is 0. The van der Waals surface area contributed by atoms with Crippen molar-refractivity contribution in [1.29, 1.82) is 0 Å². The van der Waals surface area contributed by atoms with Crippen LogP contribution in [0.4, 0.5) is 0 Å². The molecule has 0 aliphatic heterocycles. The molecule has 0 bridgehead atoms. The second-order valence-electron chi connectivity index (χ2n) is 4.28. The van der Waals surface area contributed by atoms with Crippen LogP contribution in [0.2, 0.25) is 0 Å². The third-order valence-corrected chi connectivity index (χ3v) is 3.06. The highest BCUT2D eigenvalue weighted by Crippen LogP contribution is 2.10. The molecule has 0 radical (unpaired) electrons. The lowest BCUT2D eigenvalue weighted by Gasteiger charge is -2.06. The van der Waals surface area contributed by atoms with Crippen LogP contribution in [0.1, 0.15) is 24.1 Å². The lowest BCUT2D eigenvalue weighted by molar-refractivity contribution is 0.609. The van der Waals surface area contributed by atoms with E-state index in [1.165, 1.54) is 11.1 Å². The molecule has 1 unspecified atom stereocenters. The van der Waals surface area contributed by atoms with Crippen molar-refractivity contribution in [2.75, 3.05) is 7.05 Å². The predicted octanol–water partition coefficient (Wildman–Crippen LogP) is 2.41. The van der Waals surface area contributed by atoms with E-state index in [-0.39, 0.29) is 0 Å². The molecule has 3 nitrogen and oxygen atoms in total. The zero-order valence-corrected chi connectivity index (χ0v) is 10.4. The number of rotatable bonds is 5. The van der Waals surface area contributed by atoms with Crippen molar-refractivity contribution >= 4 is 0 Å². The van der Waals surface area contributed by atoms with E-state index in [2.05, 4.69) is 47.8 Å². The Kier molecular flexibility index (Phi) is 3.94. The SMILES string of the molecule is CNC(C)c1cnn(CCc2ccccc2)c1. The van der Waals surface area contributed by atoms with Crippen molar-refractivity contribution in [2.24, 2.45) is 0 Å². The van der Waals surface area contributed by atoms with Crippen molar-refractivity contribution in [3.05, 3.63) is 53.9 Å². The smallest absolute Gasteiger partial charge is 0.0537 e. The summed E-state index contributed by atoms with van der Waals surface area (Å²) in [6.45, 7) is 3.07. The molecule has 2 aromatic rings. The van der Waals surface area contributed by atoms with Crippen LogP contribution >= 0.6 is 0 Å². The van der Waals surface area contributed by atoms with Gasteiger partial charge in [-0.15, -0.1) is 0 Å². The monoisotopic (exact) mass is 229 g/mol. The van der Waals surface area contributed by atoms with E-state index in [0.717, 1.165) is 13.0 Å². The number of nitrogens with zero attached hydrogens (tertiary/aromatic N) is 2. The first kappa shape index (κ1) is 11.9. The molecule has 1 aromatic heterocycles. The van der Waals surface area contributed by atoms with Crippen LogP contribution in [-0.4, -0.2) is 16.8 Å². The Morgan fingerprint density at radius 2 is 2.06 bits per heavy atom. The Morgan fingerprint density at radius 1 is 1.29 bits per heavy atom. The molecule has 1 atom stereocenters. The summed E-state index contributed by atoms with van der Waals surface area (Å²) in [6, 6.07) is 10.9. The zero-order valence-electron chi connectivity index (χ0n) is 10.4. The summed E-state index contributed by atoms with van der Waals surface area (Å²) < 4.78 is 2.01. The second-order valence-corrected chi connectivity index (χ2v) is 4.28. The van der Waals surface area contributed by atoms with E-state index in [1.807, 2.05) is 24.0 Å². The Balaban J connectivity index is 1.94. The maximum Gasteiger partial charge on any atom is 0.0537 e. The van der Waals surface area contributed by atoms with Crippen LogP contribution in [0, 0.1) is 0 Å². The largest absolute Gasteiger partial charge is 0.313 e. The van der Waals surface area contributed by atoms with Gasteiger partial charge in [-0.25, -0.2) is 0 Å². The fourth-order valence-electron chi connectivity index (χ4n) is 1.78. The average molecular weight is 229 g/mol. The molecule has 0 aliphatic carbocycles. The van der Waals surface area contributed by atoms with Crippen LogP contribution in [0.3, 0.4) is 0 Å². The minimum absolute atomic E-state index is 0.362. The average Bonchev–Trinajstić information content (AvgIpc) is 2.85.